The molecule has 1 atom stereocenters. The summed E-state index contributed by atoms with van der Waals surface area (Å²) in [5, 5.41) is 11.8. The predicted octanol–water partition coefficient (Wildman–Crippen LogP) is 2.32. The van der Waals surface area contributed by atoms with Crippen molar-refractivity contribution < 1.29 is 13.9 Å². The largest absolute Gasteiger partial charge is 0.481 e. The van der Waals surface area contributed by atoms with E-state index in [0.717, 1.165) is 12.8 Å². The van der Waals surface area contributed by atoms with Gasteiger partial charge >= 0.3 is 0 Å². The van der Waals surface area contributed by atoms with Crippen LogP contribution in [0.1, 0.15) is 25.3 Å². The van der Waals surface area contributed by atoms with E-state index in [0.29, 0.717) is 5.56 Å². The molecule has 0 saturated heterocycles. The van der Waals surface area contributed by atoms with E-state index in [1.807, 2.05) is 0 Å². The summed E-state index contributed by atoms with van der Waals surface area (Å²) in [6.45, 7) is 3.03. The number of carbonyl (C=O) groups is 1. The van der Waals surface area contributed by atoms with Gasteiger partial charge in [-0.05, 0) is 44.2 Å². The Morgan fingerprint density at radius 2 is 2.30 bits per heavy atom. The molecule has 1 aromatic rings. The summed E-state index contributed by atoms with van der Waals surface area (Å²) in [7, 11) is 0. The number of benzene rings is 1. The second-order valence-corrected chi connectivity index (χ2v) is 5.31. The Morgan fingerprint density at radius 3 is 2.90 bits per heavy atom. The highest BCUT2D eigenvalue weighted by molar-refractivity contribution is 5.79. The normalized spacial score (nSPS) is 16.9. The zero-order valence-corrected chi connectivity index (χ0v) is 11.6. The molecule has 5 heteroatoms. The molecular formula is C15H17FN2O2. The van der Waals surface area contributed by atoms with E-state index in [1.165, 1.54) is 6.07 Å². The Kier molecular flexibility index (Phi) is 3.93. The van der Waals surface area contributed by atoms with E-state index < -0.39 is 17.3 Å². The smallest absolute Gasteiger partial charge is 0.259 e. The quantitative estimate of drug-likeness (QED) is 0.897. The first kappa shape index (κ1) is 14.3. The Labute approximate surface area is 117 Å². The van der Waals surface area contributed by atoms with Gasteiger partial charge in [0.2, 0.25) is 0 Å². The molecule has 1 aliphatic rings. The second-order valence-electron chi connectivity index (χ2n) is 5.31. The Balaban J connectivity index is 1.92. The van der Waals surface area contributed by atoms with Gasteiger partial charge in [0.1, 0.15) is 5.54 Å². The molecule has 1 saturated carbocycles. The summed E-state index contributed by atoms with van der Waals surface area (Å²) in [4.78, 5) is 11.8. The second kappa shape index (κ2) is 5.49. The van der Waals surface area contributed by atoms with Gasteiger partial charge in [-0.15, -0.1) is 0 Å². The van der Waals surface area contributed by atoms with Crippen molar-refractivity contribution in [1.82, 2.24) is 5.32 Å². The molecule has 0 aliphatic heterocycles. The van der Waals surface area contributed by atoms with Crippen molar-refractivity contribution in [3.8, 4) is 11.8 Å². The number of carbonyl (C=O) groups excluding carboxylic acids is 1. The summed E-state index contributed by atoms with van der Waals surface area (Å²) in [5.74, 6) is -0.634. The number of amides is 1. The van der Waals surface area contributed by atoms with Gasteiger partial charge in [-0.2, -0.15) is 5.26 Å². The maximum atomic E-state index is 13.7. The zero-order chi connectivity index (χ0) is 14.8. The first-order valence-corrected chi connectivity index (χ1v) is 6.56. The van der Waals surface area contributed by atoms with Crippen LogP contribution in [-0.4, -0.2) is 18.1 Å². The Morgan fingerprint density at radius 1 is 1.60 bits per heavy atom. The van der Waals surface area contributed by atoms with E-state index in [1.54, 1.807) is 26.0 Å². The highest BCUT2D eigenvalue weighted by Crippen LogP contribution is 2.39. The monoisotopic (exact) mass is 276 g/mol. The van der Waals surface area contributed by atoms with Crippen molar-refractivity contribution >= 4 is 5.91 Å². The minimum absolute atomic E-state index is 0.0465. The van der Waals surface area contributed by atoms with Crippen LogP contribution < -0.4 is 10.1 Å². The third-order valence-corrected chi connectivity index (χ3v) is 3.54. The maximum Gasteiger partial charge on any atom is 0.259 e. The molecule has 20 heavy (non-hydrogen) atoms. The van der Waals surface area contributed by atoms with Gasteiger partial charge in [-0.1, -0.05) is 12.1 Å². The SMILES string of the molecule is Cc1cccc(OCC(=O)N[C@](C)(C#N)C2CC2)c1F. The fourth-order valence-corrected chi connectivity index (χ4v) is 2.08. The molecule has 4 nitrogen and oxygen atoms in total. The first-order valence-electron chi connectivity index (χ1n) is 6.56. The van der Waals surface area contributed by atoms with Crippen LogP contribution in [0.3, 0.4) is 0 Å². The lowest BCUT2D eigenvalue weighted by Crippen LogP contribution is -2.48. The van der Waals surface area contributed by atoms with Gasteiger partial charge in [0.25, 0.3) is 5.91 Å². The van der Waals surface area contributed by atoms with Gasteiger partial charge in [0, 0.05) is 0 Å². The van der Waals surface area contributed by atoms with Crippen LogP contribution in [0.4, 0.5) is 4.39 Å². The highest BCUT2D eigenvalue weighted by Gasteiger charge is 2.43. The molecule has 0 heterocycles. The number of nitrogens with zero attached hydrogens (tertiary/aromatic N) is 1. The minimum Gasteiger partial charge on any atom is -0.481 e. The standard InChI is InChI=1S/C15H17FN2O2/c1-10-4-3-5-12(14(10)16)20-8-13(19)18-15(2,9-17)11-6-7-11/h3-5,11H,6-8H2,1-2H3,(H,18,19)/t15-/m1/s1. The van der Waals surface area contributed by atoms with Crippen LogP contribution in [0.2, 0.25) is 0 Å². The number of ether oxygens (including phenoxy) is 1. The van der Waals surface area contributed by atoms with Crippen LogP contribution in [0.25, 0.3) is 0 Å². The molecule has 1 fully saturated rings. The number of hydrogen-bond acceptors (Lipinski definition) is 3. The van der Waals surface area contributed by atoms with E-state index in [-0.39, 0.29) is 18.3 Å². The molecule has 1 N–H and O–H groups in total. The van der Waals surface area contributed by atoms with E-state index in [9.17, 15) is 9.18 Å². The fourth-order valence-electron chi connectivity index (χ4n) is 2.08. The Hall–Kier alpha value is -2.09. The molecule has 2 rings (SSSR count). The topological polar surface area (TPSA) is 62.1 Å². The first-order chi connectivity index (χ1) is 9.46. The average molecular weight is 276 g/mol. The average Bonchev–Trinajstić information content (AvgIpc) is 3.25. The van der Waals surface area contributed by atoms with Crippen molar-refractivity contribution in [3.63, 3.8) is 0 Å². The summed E-state index contributed by atoms with van der Waals surface area (Å²) >= 11 is 0. The molecule has 1 amide bonds. The minimum atomic E-state index is -0.856. The maximum absolute atomic E-state index is 13.7. The van der Waals surface area contributed by atoms with Gasteiger partial charge in [-0.3, -0.25) is 4.79 Å². The van der Waals surface area contributed by atoms with Crippen molar-refractivity contribution in [2.75, 3.05) is 6.61 Å². The van der Waals surface area contributed by atoms with Crippen molar-refractivity contribution in [3.05, 3.63) is 29.6 Å². The molecule has 0 bridgehead atoms. The summed E-state index contributed by atoms with van der Waals surface area (Å²) in [6, 6.07) is 6.89. The molecule has 0 spiro atoms. The third kappa shape index (κ3) is 3.08. The molecular weight excluding hydrogens is 259 g/mol. The molecule has 0 unspecified atom stereocenters. The van der Waals surface area contributed by atoms with Crippen molar-refractivity contribution in [2.24, 2.45) is 5.92 Å². The molecule has 0 aromatic heterocycles. The summed E-state index contributed by atoms with van der Waals surface area (Å²) in [5.41, 5.74) is -0.395. The van der Waals surface area contributed by atoms with Crippen LogP contribution in [0.15, 0.2) is 18.2 Å². The van der Waals surface area contributed by atoms with Crippen molar-refractivity contribution in [2.45, 2.75) is 32.2 Å². The van der Waals surface area contributed by atoms with E-state index in [4.69, 9.17) is 10.00 Å². The van der Waals surface area contributed by atoms with Gasteiger partial charge in [0.15, 0.2) is 18.2 Å². The molecule has 106 valence electrons. The predicted molar refractivity (Wildman–Crippen MR) is 71.5 cm³/mol. The molecule has 0 radical (unpaired) electrons. The van der Waals surface area contributed by atoms with Gasteiger partial charge < -0.3 is 10.1 Å². The number of halogens is 1. The number of rotatable bonds is 5. The van der Waals surface area contributed by atoms with Crippen molar-refractivity contribution in [1.29, 1.82) is 5.26 Å². The van der Waals surface area contributed by atoms with E-state index >= 15 is 0 Å². The highest BCUT2D eigenvalue weighted by atomic mass is 19.1. The van der Waals surface area contributed by atoms with Crippen LogP contribution in [-0.2, 0) is 4.79 Å². The zero-order valence-electron chi connectivity index (χ0n) is 11.6. The van der Waals surface area contributed by atoms with E-state index in [2.05, 4.69) is 11.4 Å². The van der Waals surface area contributed by atoms with Crippen LogP contribution in [0, 0.1) is 30.0 Å². The number of nitriles is 1. The lowest BCUT2D eigenvalue weighted by atomic mass is 9.98. The lowest BCUT2D eigenvalue weighted by Gasteiger charge is -2.22. The number of hydrogen-bond donors (Lipinski definition) is 1. The fraction of sp³-hybridized carbons (Fsp3) is 0.467. The number of aryl methyl sites for hydroxylation is 1. The third-order valence-electron chi connectivity index (χ3n) is 3.54. The van der Waals surface area contributed by atoms with Crippen LogP contribution >= 0.6 is 0 Å². The lowest BCUT2D eigenvalue weighted by molar-refractivity contribution is -0.124. The van der Waals surface area contributed by atoms with Gasteiger partial charge in [-0.25, -0.2) is 4.39 Å². The molecule has 1 aromatic carbocycles. The molecule has 1 aliphatic carbocycles. The number of nitrogens with one attached hydrogen (secondary N) is 1. The van der Waals surface area contributed by atoms with Gasteiger partial charge in [0.05, 0.1) is 6.07 Å². The summed E-state index contributed by atoms with van der Waals surface area (Å²) in [6.07, 6.45) is 1.88. The van der Waals surface area contributed by atoms with Crippen LogP contribution in [0.5, 0.6) is 5.75 Å². The summed E-state index contributed by atoms with van der Waals surface area (Å²) < 4.78 is 18.9. The Bertz CT molecular complexity index is 563.